The molecule has 0 saturated carbocycles. The van der Waals surface area contributed by atoms with Crippen molar-refractivity contribution in [2.45, 2.75) is 174 Å². The lowest BCUT2D eigenvalue weighted by Gasteiger charge is -2.27. The average molecular weight is 827 g/mol. The molecule has 0 aromatic heterocycles. The molecule has 3 atom stereocenters. The number of amides is 4. The molecule has 0 heterocycles. The van der Waals surface area contributed by atoms with Gasteiger partial charge in [0.25, 0.3) is 0 Å². The number of nitrogens with one attached hydrogen (secondary N) is 5. The molecule has 0 aliphatic carbocycles. The molecule has 334 valence electrons. The molecule has 0 fully saturated rings. The zero-order chi connectivity index (χ0) is 43.8. The summed E-state index contributed by atoms with van der Waals surface area (Å²) in [5, 5.41) is 18.9. The van der Waals surface area contributed by atoms with E-state index in [1.54, 1.807) is 38.1 Å². The molecule has 1 aromatic carbocycles. The molecule has 0 unspecified atom stereocenters. The third kappa shape index (κ3) is 26.0. The van der Waals surface area contributed by atoms with Crippen LogP contribution in [-0.2, 0) is 25.7 Å². The number of hydrogen-bond acceptors (Lipinski definition) is 7. The van der Waals surface area contributed by atoms with Gasteiger partial charge in [0.1, 0.15) is 24.0 Å². The van der Waals surface area contributed by atoms with E-state index >= 15 is 0 Å². The van der Waals surface area contributed by atoms with E-state index in [2.05, 4.69) is 38.2 Å². The van der Waals surface area contributed by atoms with Crippen molar-refractivity contribution in [3.05, 3.63) is 35.4 Å². The van der Waals surface area contributed by atoms with Crippen molar-refractivity contribution in [1.82, 2.24) is 21.3 Å². The van der Waals surface area contributed by atoms with Gasteiger partial charge in [-0.25, -0.2) is 0 Å². The summed E-state index contributed by atoms with van der Waals surface area (Å²) in [5.41, 5.74) is 28.8. The van der Waals surface area contributed by atoms with Crippen molar-refractivity contribution in [2.75, 3.05) is 13.1 Å². The molecule has 0 spiro atoms. The Morgan fingerprint density at radius 2 is 1.05 bits per heavy atom. The highest BCUT2D eigenvalue weighted by Gasteiger charge is 2.31. The number of benzene rings is 1. The Labute approximate surface area is 353 Å². The lowest BCUT2D eigenvalue weighted by Crippen LogP contribution is -2.58. The first-order valence-corrected chi connectivity index (χ1v) is 22.0. The van der Waals surface area contributed by atoms with Gasteiger partial charge in [-0.05, 0) is 43.6 Å². The zero-order valence-corrected chi connectivity index (χ0v) is 36.3. The van der Waals surface area contributed by atoms with Crippen LogP contribution in [0.2, 0.25) is 0 Å². The Morgan fingerprint density at radius 3 is 1.49 bits per heavy atom. The number of nitrogens with zero attached hydrogens (tertiary/aromatic N) is 2. The number of nitrogens with two attached hydrogens (primary N) is 5. The summed E-state index contributed by atoms with van der Waals surface area (Å²) in [5.74, 6) is -2.31. The Morgan fingerprint density at radius 1 is 0.593 bits per heavy atom. The Kier molecular flexibility index (Phi) is 28.3. The fourth-order valence-corrected chi connectivity index (χ4v) is 6.63. The van der Waals surface area contributed by atoms with E-state index < -0.39 is 35.8 Å². The van der Waals surface area contributed by atoms with E-state index in [-0.39, 0.29) is 62.1 Å². The summed E-state index contributed by atoms with van der Waals surface area (Å²) in [6, 6.07) is 3.98. The van der Waals surface area contributed by atoms with Gasteiger partial charge in [0.05, 0.1) is 0 Å². The molecule has 0 aliphatic rings. The van der Waals surface area contributed by atoms with Crippen molar-refractivity contribution >= 4 is 41.4 Å². The molecule has 59 heavy (non-hydrogen) atoms. The van der Waals surface area contributed by atoms with Crippen molar-refractivity contribution in [3.8, 4) is 0 Å². The fraction of sp³-hybridized carbons (Fsp3) is 0.698. The van der Waals surface area contributed by atoms with Crippen molar-refractivity contribution < 1.29 is 19.2 Å². The third-order valence-corrected chi connectivity index (χ3v) is 10.2. The minimum absolute atomic E-state index is 0.0639. The standard InChI is InChI=1S/C43H78N12O4/c1-4-5-6-7-8-9-10-11-12-13-14-15-16-17-18-23-36(56)53-35(22-20-29-51-43(48)49)40(58)55-37(31(2)3)41(59)54-34(21-19-28-50-42(46)47)39(57)52-30-32-24-26-33(27-25-32)38(44)45/h24-27,31,34-35,37H,4-23,28-30H2,1-3H3,(H3,44,45)(H,52,57)(H,53,56)(H,54,59)(H,55,58)(H4,46,47,50)(H4,48,49,51)/t34-,35-,37-/m0/s1. The molecular weight excluding hydrogens is 749 g/mol. The van der Waals surface area contributed by atoms with Crippen LogP contribution in [-0.4, -0.2) is 72.6 Å². The van der Waals surface area contributed by atoms with E-state index in [0.717, 1.165) is 31.2 Å². The second-order valence-corrected chi connectivity index (χ2v) is 15.8. The second kappa shape index (κ2) is 32.0. The molecule has 16 nitrogen and oxygen atoms in total. The largest absolute Gasteiger partial charge is 0.384 e. The third-order valence-electron chi connectivity index (χ3n) is 10.2. The smallest absolute Gasteiger partial charge is 0.243 e. The van der Waals surface area contributed by atoms with Gasteiger partial charge in [-0.2, -0.15) is 0 Å². The van der Waals surface area contributed by atoms with Gasteiger partial charge in [0, 0.05) is 31.6 Å². The predicted octanol–water partition coefficient (Wildman–Crippen LogP) is 4.07. The van der Waals surface area contributed by atoms with E-state index in [4.69, 9.17) is 34.1 Å². The molecule has 4 amide bonds. The maximum atomic E-state index is 13.8. The normalized spacial score (nSPS) is 12.5. The molecule has 16 heteroatoms. The molecular formula is C43H78N12O4. The first-order valence-electron chi connectivity index (χ1n) is 22.0. The van der Waals surface area contributed by atoms with Gasteiger partial charge in [0.15, 0.2) is 11.9 Å². The van der Waals surface area contributed by atoms with Crippen LogP contribution in [0, 0.1) is 11.3 Å². The van der Waals surface area contributed by atoms with E-state index in [9.17, 15) is 19.2 Å². The first-order chi connectivity index (χ1) is 28.2. The SMILES string of the molecule is CCCCCCCCCCCCCCCCCC(=O)N[C@@H](CCCN=C(N)N)C(=O)N[C@H](C(=O)N[C@@H](CCCN=C(N)N)C(=O)NCc1ccc(C(=N)N)cc1)C(C)C. The van der Waals surface area contributed by atoms with Crippen LogP contribution >= 0.6 is 0 Å². The average Bonchev–Trinajstić information content (AvgIpc) is 3.19. The number of rotatable bonds is 34. The van der Waals surface area contributed by atoms with Crippen LogP contribution in [0.25, 0.3) is 0 Å². The van der Waals surface area contributed by atoms with Crippen LogP contribution in [0.4, 0.5) is 0 Å². The van der Waals surface area contributed by atoms with E-state index in [1.165, 1.54) is 70.6 Å². The predicted molar refractivity (Wildman–Crippen MR) is 239 cm³/mol. The van der Waals surface area contributed by atoms with Crippen LogP contribution in [0.3, 0.4) is 0 Å². The molecule has 1 aromatic rings. The van der Waals surface area contributed by atoms with Crippen LogP contribution in [0.15, 0.2) is 34.3 Å². The quantitative estimate of drug-likeness (QED) is 0.0272. The number of nitrogen functional groups attached to an aromatic ring is 1. The summed E-state index contributed by atoms with van der Waals surface area (Å²) >= 11 is 0. The summed E-state index contributed by atoms with van der Waals surface area (Å²) in [7, 11) is 0. The van der Waals surface area contributed by atoms with Crippen molar-refractivity contribution in [2.24, 2.45) is 44.6 Å². The highest BCUT2D eigenvalue weighted by molar-refractivity contribution is 5.95. The number of hydrogen-bond donors (Lipinski definition) is 10. The number of carbonyl (C=O) groups is 4. The Bertz CT molecular complexity index is 1430. The number of aliphatic imine (C=N–C) groups is 2. The van der Waals surface area contributed by atoms with Crippen LogP contribution in [0.5, 0.6) is 0 Å². The molecule has 0 bridgehead atoms. The maximum Gasteiger partial charge on any atom is 0.243 e. The highest BCUT2D eigenvalue weighted by atomic mass is 16.2. The highest BCUT2D eigenvalue weighted by Crippen LogP contribution is 2.14. The first kappa shape index (κ1) is 52.1. The van der Waals surface area contributed by atoms with Crippen LogP contribution < -0.4 is 49.9 Å². The number of unbranched alkanes of at least 4 members (excludes halogenated alkanes) is 14. The van der Waals surface area contributed by atoms with Crippen molar-refractivity contribution in [1.29, 1.82) is 5.41 Å². The van der Waals surface area contributed by atoms with Gasteiger partial charge in [-0.15, -0.1) is 0 Å². The minimum Gasteiger partial charge on any atom is -0.384 e. The van der Waals surface area contributed by atoms with Gasteiger partial charge in [0.2, 0.25) is 23.6 Å². The lowest BCUT2D eigenvalue weighted by molar-refractivity contribution is -0.134. The number of guanidine groups is 2. The molecule has 0 saturated heterocycles. The van der Waals surface area contributed by atoms with Gasteiger partial charge in [-0.3, -0.25) is 34.6 Å². The monoisotopic (exact) mass is 827 g/mol. The van der Waals surface area contributed by atoms with E-state index in [1.807, 2.05) is 0 Å². The molecule has 1 rings (SSSR count). The summed E-state index contributed by atoms with van der Waals surface area (Å²) in [6.45, 7) is 6.51. The fourth-order valence-electron chi connectivity index (χ4n) is 6.63. The molecule has 15 N–H and O–H groups in total. The molecule has 0 aliphatic heterocycles. The second-order valence-electron chi connectivity index (χ2n) is 15.8. The van der Waals surface area contributed by atoms with Crippen molar-refractivity contribution in [3.63, 3.8) is 0 Å². The van der Waals surface area contributed by atoms with E-state index in [0.29, 0.717) is 24.8 Å². The van der Waals surface area contributed by atoms with Gasteiger partial charge in [-0.1, -0.05) is 135 Å². The zero-order valence-electron chi connectivity index (χ0n) is 36.3. The minimum atomic E-state index is -1.01. The number of amidine groups is 1. The van der Waals surface area contributed by atoms with Gasteiger partial charge >= 0.3 is 0 Å². The molecule has 0 radical (unpaired) electrons. The van der Waals surface area contributed by atoms with Crippen LogP contribution in [0.1, 0.15) is 160 Å². The maximum absolute atomic E-state index is 13.8. The summed E-state index contributed by atoms with van der Waals surface area (Å²) < 4.78 is 0. The lowest BCUT2D eigenvalue weighted by atomic mass is 10.0. The summed E-state index contributed by atoms with van der Waals surface area (Å²) in [4.78, 5) is 61.9. The Hall–Kier alpha value is -4.89. The van der Waals surface area contributed by atoms with Gasteiger partial charge < -0.3 is 49.9 Å². The summed E-state index contributed by atoms with van der Waals surface area (Å²) in [6.07, 6.45) is 20.0. The Balaban J connectivity index is 2.78. The topological polar surface area (TPSA) is 295 Å². The number of carbonyl (C=O) groups excluding carboxylic acids is 4.